The van der Waals surface area contributed by atoms with Crippen LogP contribution in [0.5, 0.6) is 0 Å². The summed E-state index contributed by atoms with van der Waals surface area (Å²) in [4.78, 5) is 15.5. The number of benzene rings is 1. The van der Waals surface area contributed by atoms with Crippen molar-refractivity contribution in [2.24, 2.45) is 0 Å². The Kier molecular flexibility index (Phi) is 3.99. The van der Waals surface area contributed by atoms with E-state index in [2.05, 4.69) is 4.98 Å². The first-order valence-corrected chi connectivity index (χ1v) is 7.78. The second-order valence-electron chi connectivity index (χ2n) is 4.32. The molecule has 0 saturated heterocycles. The molecule has 1 unspecified atom stereocenters. The van der Waals surface area contributed by atoms with Crippen molar-refractivity contribution in [3.05, 3.63) is 29.6 Å². The highest BCUT2D eigenvalue weighted by Gasteiger charge is 2.12. The average molecular weight is 280 g/mol. The zero-order valence-electron chi connectivity index (χ0n) is 10.9. The van der Waals surface area contributed by atoms with Gasteiger partial charge in [-0.2, -0.15) is 0 Å². The summed E-state index contributed by atoms with van der Waals surface area (Å²) in [5, 5.41) is 9.04. The van der Waals surface area contributed by atoms with E-state index < -0.39 is 16.8 Å². The molecule has 1 atom stereocenters. The molecule has 0 fully saturated rings. The molecular formula is C13H16N2O3S. The summed E-state index contributed by atoms with van der Waals surface area (Å²) >= 11 is 0. The van der Waals surface area contributed by atoms with Crippen LogP contribution in [0.3, 0.4) is 0 Å². The quantitative estimate of drug-likeness (QED) is 0.904. The topological polar surface area (TPSA) is 72.2 Å². The van der Waals surface area contributed by atoms with Crippen molar-refractivity contribution in [3.63, 3.8) is 0 Å². The van der Waals surface area contributed by atoms with Crippen LogP contribution in [0.1, 0.15) is 23.1 Å². The number of imidazole rings is 1. The highest BCUT2D eigenvalue weighted by Crippen LogP contribution is 2.19. The lowest BCUT2D eigenvalue weighted by Gasteiger charge is -2.07. The highest BCUT2D eigenvalue weighted by molar-refractivity contribution is 7.84. The zero-order chi connectivity index (χ0) is 14.0. The van der Waals surface area contributed by atoms with E-state index >= 15 is 0 Å². The van der Waals surface area contributed by atoms with Crippen LogP contribution in [-0.4, -0.2) is 36.8 Å². The number of rotatable bonds is 5. The van der Waals surface area contributed by atoms with E-state index in [1.165, 1.54) is 0 Å². The molecule has 1 N–H and O–H groups in total. The number of aromatic carboxylic acids is 1. The van der Waals surface area contributed by atoms with Crippen LogP contribution in [0.15, 0.2) is 18.2 Å². The van der Waals surface area contributed by atoms with Crippen LogP contribution < -0.4 is 0 Å². The number of carboxylic acid groups (broad SMARTS) is 1. The van der Waals surface area contributed by atoms with E-state index in [1.54, 1.807) is 24.5 Å². The van der Waals surface area contributed by atoms with Gasteiger partial charge in [-0.1, -0.05) is 6.92 Å². The molecule has 1 aromatic heterocycles. The van der Waals surface area contributed by atoms with Crippen molar-refractivity contribution >= 4 is 27.8 Å². The minimum absolute atomic E-state index is 0.244. The van der Waals surface area contributed by atoms with Gasteiger partial charge in [0.15, 0.2) is 0 Å². The van der Waals surface area contributed by atoms with Crippen LogP contribution in [-0.2, 0) is 23.8 Å². The number of hydrogen-bond donors (Lipinski definition) is 1. The summed E-state index contributed by atoms with van der Waals surface area (Å²) in [7, 11) is -0.882. The van der Waals surface area contributed by atoms with Crippen LogP contribution >= 0.6 is 0 Å². The second-order valence-corrected chi connectivity index (χ2v) is 5.87. The first-order valence-electron chi connectivity index (χ1n) is 6.05. The molecule has 1 aromatic carbocycles. The zero-order valence-corrected chi connectivity index (χ0v) is 11.7. The molecule has 5 nitrogen and oxygen atoms in total. The van der Waals surface area contributed by atoms with Gasteiger partial charge in [-0.25, -0.2) is 9.78 Å². The van der Waals surface area contributed by atoms with Gasteiger partial charge in [-0.05, 0) is 18.2 Å². The first kappa shape index (κ1) is 13.7. The third-order valence-electron chi connectivity index (χ3n) is 2.99. The van der Waals surface area contributed by atoms with E-state index in [4.69, 9.17) is 5.11 Å². The molecule has 0 aliphatic heterocycles. The lowest BCUT2D eigenvalue weighted by Crippen LogP contribution is -2.09. The Morgan fingerprint density at radius 2 is 2.21 bits per heavy atom. The Morgan fingerprint density at radius 3 is 2.79 bits per heavy atom. The Labute approximate surface area is 113 Å². The van der Waals surface area contributed by atoms with Crippen LogP contribution in [0.25, 0.3) is 11.0 Å². The van der Waals surface area contributed by atoms with Crippen LogP contribution in [0, 0.1) is 0 Å². The van der Waals surface area contributed by atoms with Crippen molar-refractivity contribution in [2.45, 2.75) is 19.9 Å². The summed E-state index contributed by atoms with van der Waals surface area (Å²) in [5.74, 6) is 0.477. The van der Waals surface area contributed by atoms with Crippen molar-refractivity contribution in [1.82, 2.24) is 9.55 Å². The fourth-order valence-electron chi connectivity index (χ4n) is 2.04. The van der Waals surface area contributed by atoms with Crippen molar-refractivity contribution in [2.75, 3.05) is 12.0 Å². The van der Waals surface area contributed by atoms with Crippen LogP contribution in [0.4, 0.5) is 0 Å². The molecular weight excluding hydrogens is 264 g/mol. The highest BCUT2D eigenvalue weighted by atomic mass is 32.2. The molecule has 0 aliphatic rings. The lowest BCUT2D eigenvalue weighted by molar-refractivity contribution is 0.0697. The maximum absolute atomic E-state index is 11.2. The SMILES string of the molecule is CCc1nc2ccc(C(=O)O)cc2n1CCS(C)=O. The van der Waals surface area contributed by atoms with Crippen molar-refractivity contribution in [1.29, 1.82) is 0 Å². The maximum Gasteiger partial charge on any atom is 0.335 e. The van der Waals surface area contributed by atoms with Gasteiger partial charge in [-0.15, -0.1) is 0 Å². The summed E-state index contributed by atoms with van der Waals surface area (Å²) in [6, 6.07) is 4.90. The molecule has 0 aliphatic carbocycles. The molecule has 0 spiro atoms. The summed E-state index contributed by atoms with van der Waals surface area (Å²) in [5.41, 5.74) is 1.82. The third-order valence-corrected chi connectivity index (χ3v) is 3.75. The number of aromatic nitrogens is 2. The number of aryl methyl sites for hydroxylation is 2. The van der Waals surface area contributed by atoms with E-state index in [0.717, 1.165) is 23.3 Å². The molecule has 0 saturated carbocycles. The predicted octanol–water partition coefficient (Wildman–Crippen LogP) is 1.68. The summed E-state index contributed by atoms with van der Waals surface area (Å²) in [6.45, 7) is 2.59. The van der Waals surface area contributed by atoms with E-state index in [1.807, 2.05) is 11.5 Å². The number of hydrogen-bond acceptors (Lipinski definition) is 3. The normalized spacial score (nSPS) is 12.7. The van der Waals surface area contributed by atoms with Crippen molar-refractivity contribution < 1.29 is 14.1 Å². The Hall–Kier alpha value is -1.69. The molecule has 2 rings (SSSR count). The van der Waals surface area contributed by atoms with E-state index in [-0.39, 0.29) is 5.56 Å². The monoisotopic (exact) mass is 280 g/mol. The van der Waals surface area contributed by atoms with Gasteiger partial charge in [0, 0.05) is 35.8 Å². The molecule has 0 amide bonds. The van der Waals surface area contributed by atoms with E-state index in [0.29, 0.717) is 12.3 Å². The standard InChI is InChI=1S/C13H16N2O3S/c1-3-12-14-10-5-4-9(13(16)17)8-11(10)15(12)6-7-19(2)18/h4-5,8H,3,6-7H2,1-2H3,(H,16,17). The first-order chi connectivity index (χ1) is 9.02. The second kappa shape index (κ2) is 5.52. The molecule has 102 valence electrons. The fourth-order valence-corrected chi connectivity index (χ4v) is 2.48. The van der Waals surface area contributed by atoms with Crippen molar-refractivity contribution in [3.8, 4) is 0 Å². The maximum atomic E-state index is 11.2. The smallest absolute Gasteiger partial charge is 0.335 e. The van der Waals surface area contributed by atoms with Gasteiger partial charge < -0.3 is 9.67 Å². The van der Waals surface area contributed by atoms with E-state index in [9.17, 15) is 9.00 Å². The minimum Gasteiger partial charge on any atom is -0.478 e. The Balaban J connectivity index is 2.53. The summed E-state index contributed by atoms with van der Waals surface area (Å²) < 4.78 is 13.2. The number of carboxylic acids is 1. The molecule has 0 bridgehead atoms. The minimum atomic E-state index is -0.952. The molecule has 1 heterocycles. The van der Waals surface area contributed by atoms with Gasteiger partial charge in [0.05, 0.1) is 16.6 Å². The number of nitrogens with zero attached hydrogens (tertiary/aromatic N) is 2. The van der Waals surface area contributed by atoms with Gasteiger partial charge in [0.2, 0.25) is 0 Å². The van der Waals surface area contributed by atoms with Gasteiger partial charge in [0.1, 0.15) is 5.82 Å². The Bertz CT molecular complexity index is 649. The molecule has 0 radical (unpaired) electrons. The Morgan fingerprint density at radius 1 is 1.47 bits per heavy atom. The number of fused-ring (bicyclic) bond motifs is 1. The lowest BCUT2D eigenvalue weighted by atomic mass is 10.2. The van der Waals surface area contributed by atoms with Gasteiger partial charge in [0.25, 0.3) is 0 Å². The van der Waals surface area contributed by atoms with Gasteiger partial charge >= 0.3 is 5.97 Å². The molecule has 19 heavy (non-hydrogen) atoms. The average Bonchev–Trinajstić information content (AvgIpc) is 2.72. The molecule has 6 heteroatoms. The summed E-state index contributed by atoms with van der Waals surface area (Å²) in [6.07, 6.45) is 2.42. The fraction of sp³-hybridized carbons (Fsp3) is 0.385. The predicted molar refractivity (Wildman–Crippen MR) is 75.0 cm³/mol. The van der Waals surface area contributed by atoms with Crippen LogP contribution in [0.2, 0.25) is 0 Å². The largest absolute Gasteiger partial charge is 0.478 e. The third kappa shape index (κ3) is 2.84. The van der Waals surface area contributed by atoms with Gasteiger partial charge in [-0.3, -0.25) is 4.21 Å². The number of carbonyl (C=O) groups is 1. The molecule has 2 aromatic rings.